The van der Waals surface area contributed by atoms with Crippen molar-refractivity contribution in [2.24, 2.45) is 0 Å². The predicted octanol–water partition coefficient (Wildman–Crippen LogP) is 1.49. The molecule has 0 radical (unpaired) electrons. The van der Waals surface area contributed by atoms with E-state index in [2.05, 4.69) is 5.32 Å². The van der Waals surface area contributed by atoms with Crippen molar-refractivity contribution in [2.45, 2.75) is 31.8 Å². The molecule has 0 heterocycles. The van der Waals surface area contributed by atoms with Crippen LogP contribution < -0.4 is 14.8 Å². The Bertz CT molecular complexity index is 410. The van der Waals surface area contributed by atoms with E-state index in [4.69, 9.17) is 9.47 Å². The van der Waals surface area contributed by atoms with Gasteiger partial charge in [0.2, 0.25) is 0 Å². The Balaban J connectivity index is 2.99. The van der Waals surface area contributed by atoms with Crippen molar-refractivity contribution in [1.29, 1.82) is 0 Å². The molecule has 0 amide bonds. The minimum absolute atomic E-state index is 0.0740. The highest BCUT2D eigenvalue weighted by atomic mass is 16.5. The van der Waals surface area contributed by atoms with Gasteiger partial charge in [-0.15, -0.1) is 0 Å². The fraction of sp³-hybridized carbons (Fsp3) is 0.600. The van der Waals surface area contributed by atoms with E-state index in [-0.39, 0.29) is 19.3 Å². The van der Waals surface area contributed by atoms with Crippen LogP contribution in [0.15, 0.2) is 18.2 Å². The third-order valence-corrected chi connectivity index (χ3v) is 3.71. The van der Waals surface area contributed by atoms with Crippen LogP contribution in [0, 0.1) is 0 Å². The second kappa shape index (κ2) is 7.47. The van der Waals surface area contributed by atoms with E-state index in [0.717, 1.165) is 11.3 Å². The molecule has 0 saturated heterocycles. The van der Waals surface area contributed by atoms with Gasteiger partial charge in [-0.2, -0.15) is 0 Å². The van der Waals surface area contributed by atoms with Crippen molar-refractivity contribution in [3.63, 3.8) is 0 Å². The van der Waals surface area contributed by atoms with Crippen LogP contribution in [0.3, 0.4) is 0 Å². The first-order chi connectivity index (χ1) is 9.55. The van der Waals surface area contributed by atoms with Gasteiger partial charge in [0.1, 0.15) is 11.5 Å². The monoisotopic (exact) mass is 283 g/mol. The minimum atomic E-state index is -0.690. The van der Waals surface area contributed by atoms with Crippen LogP contribution in [-0.2, 0) is 0 Å². The zero-order valence-electron chi connectivity index (χ0n) is 12.6. The van der Waals surface area contributed by atoms with Crippen LogP contribution in [0.5, 0.6) is 11.5 Å². The van der Waals surface area contributed by atoms with Gasteiger partial charge < -0.3 is 25.0 Å². The molecule has 20 heavy (non-hydrogen) atoms. The number of ether oxygens (including phenoxy) is 2. The number of aliphatic hydroxyl groups excluding tert-OH is 2. The number of nitrogens with one attached hydrogen (secondary N) is 1. The molecule has 0 aliphatic rings. The molecular weight excluding hydrogens is 258 g/mol. The lowest BCUT2D eigenvalue weighted by molar-refractivity contribution is 0.0790. The van der Waals surface area contributed by atoms with Gasteiger partial charge in [0.25, 0.3) is 0 Å². The predicted molar refractivity (Wildman–Crippen MR) is 78.3 cm³/mol. The van der Waals surface area contributed by atoms with Crippen LogP contribution in [0.25, 0.3) is 0 Å². The lowest BCUT2D eigenvalue weighted by Gasteiger charge is -2.33. The van der Waals surface area contributed by atoms with Crippen molar-refractivity contribution in [3.05, 3.63) is 23.8 Å². The molecule has 114 valence electrons. The maximum Gasteiger partial charge on any atom is 0.127 e. The number of aliphatic hydroxyl groups is 2. The van der Waals surface area contributed by atoms with E-state index in [0.29, 0.717) is 12.2 Å². The van der Waals surface area contributed by atoms with E-state index < -0.39 is 5.54 Å². The quantitative estimate of drug-likeness (QED) is 0.674. The third kappa shape index (κ3) is 3.62. The summed E-state index contributed by atoms with van der Waals surface area (Å²) in [7, 11) is 3.21. The van der Waals surface area contributed by atoms with E-state index in [9.17, 15) is 10.2 Å². The summed E-state index contributed by atoms with van der Waals surface area (Å²) in [5.41, 5.74) is 0.262. The van der Waals surface area contributed by atoms with E-state index >= 15 is 0 Å². The Morgan fingerprint density at radius 2 is 1.85 bits per heavy atom. The number of benzene rings is 1. The van der Waals surface area contributed by atoms with Gasteiger partial charge in [0.15, 0.2) is 0 Å². The molecule has 0 fully saturated rings. The second-order valence-electron chi connectivity index (χ2n) is 4.92. The Morgan fingerprint density at radius 1 is 1.20 bits per heavy atom. The van der Waals surface area contributed by atoms with Crippen molar-refractivity contribution in [2.75, 3.05) is 27.4 Å². The van der Waals surface area contributed by atoms with Gasteiger partial charge in [-0.1, -0.05) is 13.0 Å². The molecule has 5 nitrogen and oxygen atoms in total. The molecule has 0 spiro atoms. The Hall–Kier alpha value is -1.30. The number of hydrogen-bond acceptors (Lipinski definition) is 5. The summed E-state index contributed by atoms with van der Waals surface area (Å²) in [6, 6.07) is 5.53. The van der Waals surface area contributed by atoms with Crippen molar-refractivity contribution in [3.8, 4) is 11.5 Å². The summed E-state index contributed by atoms with van der Waals surface area (Å²) >= 11 is 0. The molecule has 0 aliphatic carbocycles. The molecule has 0 aromatic heterocycles. The maximum absolute atomic E-state index is 9.51. The van der Waals surface area contributed by atoms with Gasteiger partial charge in [0.05, 0.1) is 33.0 Å². The van der Waals surface area contributed by atoms with Crippen LogP contribution >= 0.6 is 0 Å². The Labute approximate surface area is 120 Å². The zero-order chi connectivity index (χ0) is 15.2. The number of hydrogen-bond donors (Lipinski definition) is 3. The average Bonchev–Trinajstić information content (AvgIpc) is 2.51. The number of methoxy groups -OCH3 is 2. The van der Waals surface area contributed by atoms with Crippen LogP contribution in [0.2, 0.25) is 0 Å². The molecular formula is C15H25NO4. The first kappa shape index (κ1) is 16.8. The maximum atomic E-state index is 9.51. The summed E-state index contributed by atoms with van der Waals surface area (Å²) in [4.78, 5) is 0. The number of rotatable bonds is 8. The summed E-state index contributed by atoms with van der Waals surface area (Å²) in [5.74, 6) is 1.44. The standard InChI is InChI=1S/C15H25NO4/c1-5-15(9-17,10-18)16-11(2)13-7-6-12(19-3)8-14(13)20-4/h6-8,11,16-18H,5,9-10H2,1-4H3. The van der Waals surface area contributed by atoms with Crippen LogP contribution in [0.4, 0.5) is 0 Å². The molecule has 3 N–H and O–H groups in total. The highest BCUT2D eigenvalue weighted by Crippen LogP contribution is 2.30. The summed E-state index contributed by atoms with van der Waals surface area (Å²) in [5, 5.41) is 22.3. The van der Waals surface area contributed by atoms with Crippen LogP contribution in [0.1, 0.15) is 31.9 Å². The minimum Gasteiger partial charge on any atom is -0.497 e. The van der Waals surface area contributed by atoms with Crippen molar-refractivity contribution >= 4 is 0 Å². The first-order valence-corrected chi connectivity index (χ1v) is 6.77. The summed E-state index contributed by atoms with van der Waals surface area (Å²) < 4.78 is 10.6. The molecule has 0 aliphatic heterocycles. The molecule has 1 aromatic carbocycles. The molecule has 0 bridgehead atoms. The summed E-state index contributed by atoms with van der Waals surface area (Å²) in [6.45, 7) is 3.66. The molecule has 1 aromatic rings. The highest BCUT2D eigenvalue weighted by Gasteiger charge is 2.29. The lowest BCUT2D eigenvalue weighted by Crippen LogP contribution is -2.52. The zero-order valence-corrected chi connectivity index (χ0v) is 12.6. The van der Waals surface area contributed by atoms with Crippen LogP contribution in [-0.4, -0.2) is 43.2 Å². The SMILES string of the molecule is CCC(CO)(CO)NC(C)c1ccc(OC)cc1OC. The molecule has 0 saturated carbocycles. The normalized spacial score (nSPS) is 13.1. The fourth-order valence-corrected chi connectivity index (χ4v) is 2.18. The van der Waals surface area contributed by atoms with Crippen molar-refractivity contribution in [1.82, 2.24) is 5.32 Å². The molecule has 5 heteroatoms. The van der Waals surface area contributed by atoms with Gasteiger partial charge in [-0.3, -0.25) is 0 Å². The molecule has 1 unspecified atom stereocenters. The van der Waals surface area contributed by atoms with Crippen molar-refractivity contribution < 1.29 is 19.7 Å². The molecule has 1 atom stereocenters. The fourth-order valence-electron chi connectivity index (χ4n) is 2.18. The van der Waals surface area contributed by atoms with E-state index in [1.807, 2.05) is 32.0 Å². The Kier molecular flexibility index (Phi) is 6.26. The van der Waals surface area contributed by atoms with Gasteiger partial charge in [0, 0.05) is 17.7 Å². The largest absolute Gasteiger partial charge is 0.497 e. The average molecular weight is 283 g/mol. The topological polar surface area (TPSA) is 71.0 Å². The third-order valence-electron chi connectivity index (χ3n) is 3.71. The van der Waals surface area contributed by atoms with E-state index in [1.54, 1.807) is 14.2 Å². The smallest absolute Gasteiger partial charge is 0.127 e. The van der Waals surface area contributed by atoms with Gasteiger partial charge >= 0.3 is 0 Å². The second-order valence-corrected chi connectivity index (χ2v) is 4.92. The van der Waals surface area contributed by atoms with E-state index in [1.165, 1.54) is 0 Å². The lowest BCUT2D eigenvalue weighted by atomic mass is 9.95. The van der Waals surface area contributed by atoms with Gasteiger partial charge in [-0.25, -0.2) is 0 Å². The van der Waals surface area contributed by atoms with Gasteiger partial charge in [-0.05, 0) is 19.4 Å². The highest BCUT2D eigenvalue weighted by molar-refractivity contribution is 5.42. The Morgan fingerprint density at radius 3 is 2.30 bits per heavy atom. The molecule has 1 rings (SSSR count). The summed E-state index contributed by atoms with van der Waals surface area (Å²) in [6.07, 6.45) is 0.628. The first-order valence-electron chi connectivity index (χ1n) is 6.77.